The summed E-state index contributed by atoms with van der Waals surface area (Å²) in [6, 6.07) is 5.46. The second-order valence-corrected chi connectivity index (χ2v) is 5.78. The number of carbonyl (C=O) groups excluding carboxylic acids is 1. The molecule has 2 aliphatic carbocycles. The maximum Gasteiger partial charge on any atom is 0.255 e. The Kier molecular flexibility index (Phi) is 2.77. The van der Waals surface area contributed by atoms with E-state index in [0.717, 1.165) is 17.9 Å². The van der Waals surface area contributed by atoms with Gasteiger partial charge in [-0.1, -0.05) is 18.1 Å². The number of aryl methyl sites for hydroxylation is 1. The molecule has 1 aromatic rings. The Morgan fingerprint density at radius 3 is 2.83 bits per heavy atom. The predicted octanol–water partition coefficient (Wildman–Crippen LogP) is 2.62. The van der Waals surface area contributed by atoms with Gasteiger partial charge in [0.2, 0.25) is 0 Å². The Morgan fingerprint density at radius 1 is 1.33 bits per heavy atom. The molecular formula is C15H19NO2. The summed E-state index contributed by atoms with van der Waals surface area (Å²) in [6.07, 6.45) is 4.95. The number of hydrogen-bond donors (Lipinski definition) is 2. The highest BCUT2D eigenvalue weighted by Crippen LogP contribution is 2.44. The summed E-state index contributed by atoms with van der Waals surface area (Å²) in [6.45, 7) is 1.92. The smallest absolute Gasteiger partial charge is 0.255 e. The molecule has 0 saturated heterocycles. The number of nitrogens with one attached hydrogen (secondary N) is 1. The fourth-order valence-electron chi connectivity index (χ4n) is 3.50. The maximum absolute atomic E-state index is 12.2. The molecule has 3 rings (SSSR count). The Balaban J connectivity index is 1.73. The van der Waals surface area contributed by atoms with E-state index in [1.54, 1.807) is 12.1 Å². The zero-order valence-electron chi connectivity index (χ0n) is 10.6. The summed E-state index contributed by atoms with van der Waals surface area (Å²) in [4.78, 5) is 12.2. The molecule has 1 aromatic carbocycles. The number of amides is 1. The zero-order chi connectivity index (χ0) is 12.7. The van der Waals surface area contributed by atoms with Crippen molar-refractivity contribution in [3.8, 4) is 5.75 Å². The van der Waals surface area contributed by atoms with Crippen molar-refractivity contribution in [2.45, 2.75) is 38.6 Å². The van der Waals surface area contributed by atoms with Crippen molar-refractivity contribution in [2.75, 3.05) is 0 Å². The minimum Gasteiger partial charge on any atom is -0.507 e. The summed E-state index contributed by atoms with van der Waals surface area (Å²) < 4.78 is 0. The van der Waals surface area contributed by atoms with Crippen LogP contribution in [0.1, 0.15) is 41.6 Å². The molecule has 2 bridgehead atoms. The largest absolute Gasteiger partial charge is 0.507 e. The Labute approximate surface area is 107 Å². The van der Waals surface area contributed by atoms with Gasteiger partial charge in [0.15, 0.2) is 0 Å². The molecule has 0 aromatic heterocycles. The van der Waals surface area contributed by atoms with Crippen molar-refractivity contribution in [1.82, 2.24) is 5.32 Å². The van der Waals surface area contributed by atoms with Crippen molar-refractivity contribution in [2.24, 2.45) is 11.8 Å². The summed E-state index contributed by atoms with van der Waals surface area (Å²) in [5.74, 6) is 1.41. The van der Waals surface area contributed by atoms with Crippen LogP contribution in [0.25, 0.3) is 0 Å². The van der Waals surface area contributed by atoms with Gasteiger partial charge < -0.3 is 10.4 Å². The van der Waals surface area contributed by atoms with E-state index in [9.17, 15) is 9.90 Å². The number of phenolic OH excluding ortho intramolecular Hbond substituents is 1. The number of fused-ring (bicyclic) bond motifs is 2. The summed E-state index contributed by atoms with van der Waals surface area (Å²) in [7, 11) is 0. The number of carbonyl (C=O) groups is 1. The molecule has 3 unspecified atom stereocenters. The number of benzene rings is 1. The molecule has 0 radical (unpaired) electrons. The first kappa shape index (κ1) is 11.6. The van der Waals surface area contributed by atoms with Crippen LogP contribution in [0.15, 0.2) is 18.2 Å². The summed E-state index contributed by atoms with van der Waals surface area (Å²) in [5.41, 5.74) is 1.39. The van der Waals surface area contributed by atoms with E-state index in [-0.39, 0.29) is 11.7 Å². The first-order valence-electron chi connectivity index (χ1n) is 6.74. The first-order valence-corrected chi connectivity index (χ1v) is 6.74. The average molecular weight is 245 g/mol. The number of phenols is 1. The monoisotopic (exact) mass is 245 g/mol. The standard InChI is InChI=1S/C15H19NO2/c1-9-2-5-14(17)12(6-9)15(18)16-13-8-10-3-4-11(13)7-10/h2,5-6,10-11,13,17H,3-4,7-8H2,1H3,(H,16,18). The molecule has 3 nitrogen and oxygen atoms in total. The van der Waals surface area contributed by atoms with Crippen molar-refractivity contribution < 1.29 is 9.90 Å². The van der Waals surface area contributed by atoms with Gasteiger partial charge in [-0.15, -0.1) is 0 Å². The Bertz CT molecular complexity index is 483. The molecule has 3 atom stereocenters. The van der Waals surface area contributed by atoms with Crippen molar-refractivity contribution in [3.05, 3.63) is 29.3 Å². The fraction of sp³-hybridized carbons (Fsp3) is 0.533. The van der Waals surface area contributed by atoms with Crippen molar-refractivity contribution in [3.63, 3.8) is 0 Å². The zero-order valence-corrected chi connectivity index (χ0v) is 10.6. The second kappa shape index (κ2) is 4.30. The molecule has 0 spiro atoms. The van der Waals surface area contributed by atoms with Gasteiger partial charge in [-0.3, -0.25) is 4.79 Å². The Morgan fingerprint density at radius 2 is 2.17 bits per heavy atom. The average Bonchev–Trinajstić information content (AvgIpc) is 2.94. The van der Waals surface area contributed by atoms with E-state index >= 15 is 0 Å². The van der Waals surface area contributed by atoms with Gasteiger partial charge in [0.1, 0.15) is 5.75 Å². The lowest BCUT2D eigenvalue weighted by Crippen LogP contribution is -2.38. The van der Waals surface area contributed by atoms with Gasteiger partial charge in [-0.25, -0.2) is 0 Å². The third kappa shape index (κ3) is 1.98. The highest BCUT2D eigenvalue weighted by atomic mass is 16.3. The minimum absolute atomic E-state index is 0.0706. The lowest BCUT2D eigenvalue weighted by molar-refractivity contribution is 0.0920. The van der Waals surface area contributed by atoms with Gasteiger partial charge in [0.05, 0.1) is 5.56 Å². The van der Waals surface area contributed by atoms with E-state index < -0.39 is 0 Å². The predicted molar refractivity (Wildman–Crippen MR) is 69.5 cm³/mol. The van der Waals surface area contributed by atoms with Gasteiger partial charge in [-0.05, 0) is 50.2 Å². The molecule has 2 saturated carbocycles. The quantitative estimate of drug-likeness (QED) is 0.841. The van der Waals surface area contributed by atoms with Crippen LogP contribution in [0.3, 0.4) is 0 Å². The Hall–Kier alpha value is -1.51. The van der Waals surface area contributed by atoms with Crippen LogP contribution in [0, 0.1) is 18.8 Å². The van der Waals surface area contributed by atoms with Crippen LogP contribution < -0.4 is 5.32 Å². The molecule has 2 fully saturated rings. The molecule has 96 valence electrons. The summed E-state index contributed by atoms with van der Waals surface area (Å²) in [5, 5.41) is 12.8. The number of aromatic hydroxyl groups is 1. The van der Waals surface area contributed by atoms with Crippen LogP contribution in [-0.2, 0) is 0 Å². The molecule has 3 heteroatoms. The minimum atomic E-state index is -0.131. The third-order valence-electron chi connectivity index (χ3n) is 4.45. The van der Waals surface area contributed by atoms with E-state index in [0.29, 0.717) is 17.5 Å². The van der Waals surface area contributed by atoms with E-state index in [1.807, 2.05) is 13.0 Å². The highest BCUT2D eigenvalue weighted by molar-refractivity contribution is 5.97. The van der Waals surface area contributed by atoms with Crippen LogP contribution >= 0.6 is 0 Å². The summed E-state index contributed by atoms with van der Waals surface area (Å²) >= 11 is 0. The van der Waals surface area contributed by atoms with Gasteiger partial charge in [-0.2, -0.15) is 0 Å². The molecule has 2 aliphatic rings. The van der Waals surface area contributed by atoms with E-state index in [4.69, 9.17) is 0 Å². The first-order chi connectivity index (χ1) is 8.63. The van der Waals surface area contributed by atoms with Crippen LogP contribution in [0.5, 0.6) is 5.75 Å². The molecule has 18 heavy (non-hydrogen) atoms. The van der Waals surface area contributed by atoms with E-state index in [1.165, 1.54) is 19.3 Å². The molecule has 0 aliphatic heterocycles. The number of hydrogen-bond acceptors (Lipinski definition) is 2. The van der Waals surface area contributed by atoms with Crippen LogP contribution in [0.4, 0.5) is 0 Å². The topological polar surface area (TPSA) is 49.3 Å². The lowest BCUT2D eigenvalue weighted by atomic mass is 9.95. The third-order valence-corrected chi connectivity index (χ3v) is 4.45. The van der Waals surface area contributed by atoms with E-state index in [2.05, 4.69) is 5.32 Å². The van der Waals surface area contributed by atoms with Gasteiger partial charge >= 0.3 is 0 Å². The van der Waals surface area contributed by atoms with Crippen molar-refractivity contribution >= 4 is 5.91 Å². The van der Waals surface area contributed by atoms with Crippen molar-refractivity contribution in [1.29, 1.82) is 0 Å². The SMILES string of the molecule is Cc1ccc(O)c(C(=O)NC2CC3CCC2C3)c1. The maximum atomic E-state index is 12.2. The molecule has 1 amide bonds. The molecule has 0 heterocycles. The van der Waals surface area contributed by atoms with Crippen LogP contribution in [0.2, 0.25) is 0 Å². The molecular weight excluding hydrogens is 226 g/mol. The lowest BCUT2D eigenvalue weighted by Gasteiger charge is -2.23. The highest BCUT2D eigenvalue weighted by Gasteiger charge is 2.40. The second-order valence-electron chi connectivity index (χ2n) is 5.78. The van der Waals surface area contributed by atoms with Gasteiger partial charge in [0.25, 0.3) is 5.91 Å². The number of rotatable bonds is 2. The van der Waals surface area contributed by atoms with Crippen LogP contribution in [-0.4, -0.2) is 17.1 Å². The normalized spacial score (nSPS) is 29.5. The fourth-order valence-corrected chi connectivity index (χ4v) is 3.50. The molecule has 2 N–H and O–H groups in total. The van der Waals surface area contributed by atoms with Gasteiger partial charge in [0, 0.05) is 6.04 Å².